The predicted octanol–water partition coefficient (Wildman–Crippen LogP) is 0.255. The fourth-order valence-electron chi connectivity index (χ4n) is 7.42. The zero-order valence-electron chi connectivity index (χ0n) is 27.9. The van der Waals surface area contributed by atoms with Gasteiger partial charge in [-0.25, -0.2) is 0 Å². The first-order chi connectivity index (χ1) is 23.7. The highest BCUT2D eigenvalue weighted by molar-refractivity contribution is 5.97. The Labute approximate surface area is 284 Å². The second-order valence-corrected chi connectivity index (χ2v) is 12.8. The number of nitrogens with one attached hydrogen (secondary N) is 1. The minimum atomic E-state index is -0.806. The number of nitrogens with two attached hydrogens (primary N) is 1. The zero-order valence-corrected chi connectivity index (χ0v) is 27.9. The van der Waals surface area contributed by atoms with Gasteiger partial charge in [0.1, 0.15) is 24.2 Å². The van der Waals surface area contributed by atoms with Crippen molar-refractivity contribution in [1.82, 2.24) is 29.8 Å². The van der Waals surface area contributed by atoms with E-state index in [9.17, 15) is 28.8 Å². The van der Waals surface area contributed by atoms with Crippen LogP contribution in [0.15, 0.2) is 10.2 Å². The molecule has 19 nitrogen and oxygen atoms in total. The lowest BCUT2D eigenvalue weighted by molar-refractivity contribution is -0.153. The zero-order chi connectivity index (χ0) is 35.3. The van der Waals surface area contributed by atoms with Gasteiger partial charge in [0.2, 0.25) is 35.4 Å². The van der Waals surface area contributed by atoms with Gasteiger partial charge in [0.25, 0.3) is 0 Å². The van der Waals surface area contributed by atoms with Gasteiger partial charge in [-0.2, -0.15) is 0 Å². The summed E-state index contributed by atoms with van der Waals surface area (Å²) in [6.45, 7) is 2.34. The Morgan fingerprint density at radius 1 is 0.694 bits per heavy atom. The van der Waals surface area contributed by atoms with Crippen molar-refractivity contribution in [3.8, 4) is 0 Å². The highest BCUT2D eigenvalue weighted by Gasteiger charge is 2.47. The van der Waals surface area contributed by atoms with Crippen LogP contribution >= 0.6 is 0 Å². The van der Waals surface area contributed by atoms with Crippen LogP contribution in [-0.4, -0.2) is 150 Å². The number of azide groups is 2. The lowest BCUT2D eigenvalue weighted by Gasteiger charge is -2.36. The second-order valence-electron chi connectivity index (χ2n) is 12.8. The van der Waals surface area contributed by atoms with Crippen LogP contribution in [0, 0.1) is 0 Å². The van der Waals surface area contributed by atoms with Crippen LogP contribution in [0.1, 0.15) is 64.2 Å². The van der Waals surface area contributed by atoms with Gasteiger partial charge < -0.3 is 35.6 Å². The molecule has 4 atom stereocenters. The SMILES string of the molecule is [N-]=[N+]=NCCCNCC(=O)N1CCC[C@H]1C(=O)N1CCC[C@H]1C(=O)N1CCC[C@H]1C(=O)N1CCC[C@H]1C(=O)N(CCCN=[N+]=[N-])CC(N)=O. The van der Waals surface area contributed by atoms with E-state index in [0.29, 0.717) is 103 Å². The number of carbonyl (C=O) groups is 6. The van der Waals surface area contributed by atoms with E-state index >= 15 is 0 Å². The molecule has 3 N–H and O–H groups in total. The summed E-state index contributed by atoms with van der Waals surface area (Å²) >= 11 is 0. The lowest BCUT2D eigenvalue weighted by atomic mass is 10.1. The van der Waals surface area contributed by atoms with Crippen LogP contribution in [0.25, 0.3) is 20.9 Å². The van der Waals surface area contributed by atoms with E-state index in [1.54, 1.807) is 14.7 Å². The fraction of sp³-hybridized carbons (Fsp3) is 0.800. The molecule has 0 aromatic rings. The summed E-state index contributed by atoms with van der Waals surface area (Å²) in [7, 11) is 0. The molecule has 0 bridgehead atoms. The highest BCUT2D eigenvalue weighted by Crippen LogP contribution is 2.30. The topological polar surface area (TPSA) is 254 Å². The molecular weight excluding hydrogens is 638 g/mol. The average Bonchev–Trinajstić information content (AvgIpc) is 3.92. The summed E-state index contributed by atoms with van der Waals surface area (Å²) in [5.41, 5.74) is 22.3. The van der Waals surface area contributed by atoms with Crippen molar-refractivity contribution < 1.29 is 28.8 Å². The van der Waals surface area contributed by atoms with E-state index in [-0.39, 0.29) is 49.8 Å². The molecule has 6 amide bonds. The Kier molecular flexibility index (Phi) is 13.9. The van der Waals surface area contributed by atoms with Crippen molar-refractivity contribution in [3.63, 3.8) is 0 Å². The molecule has 0 radical (unpaired) electrons. The van der Waals surface area contributed by atoms with Crippen molar-refractivity contribution in [1.29, 1.82) is 0 Å². The smallest absolute Gasteiger partial charge is 0.246 e. The molecule has 0 saturated carbocycles. The Hall–Kier alpha value is -4.60. The van der Waals surface area contributed by atoms with Gasteiger partial charge in [0.15, 0.2) is 0 Å². The number of hydrogen-bond donors (Lipinski definition) is 2. The molecule has 0 aliphatic carbocycles. The summed E-state index contributed by atoms with van der Waals surface area (Å²) in [5, 5.41) is 9.98. The summed E-state index contributed by atoms with van der Waals surface area (Å²) < 4.78 is 0. The third-order valence-electron chi connectivity index (χ3n) is 9.68. The molecule has 4 rings (SSSR count). The Morgan fingerprint density at radius 3 is 1.65 bits per heavy atom. The van der Waals surface area contributed by atoms with Crippen molar-refractivity contribution in [3.05, 3.63) is 20.9 Å². The molecule has 49 heavy (non-hydrogen) atoms. The first kappa shape index (κ1) is 37.2. The van der Waals surface area contributed by atoms with E-state index in [1.165, 1.54) is 9.80 Å². The van der Waals surface area contributed by atoms with Crippen molar-refractivity contribution >= 4 is 35.4 Å². The van der Waals surface area contributed by atoms with Gasteiger partial charge in [-0.1, -0.05) is 10.2 Å². The molecule has 268 valence electrons. The van der Waals surface area contributed by atoms with Gasteiger partial charge in [-0.05, 0) is 81.8 Å². The number of primary amides is 1. The maximum atomic E-state index is 14.1. The molecule has 0 unspecified atom stereocenters. The molecule has 0 spiro atoms. The Morgan fingerprint density at radius 2 is 1.14 bits per heavy atom. The van der Waals surface area contributed by atoms with Gasteiger partial charge in [-0.3, -0.25) is 28.8 Å². The number of carbonyl (C=O) groups excluding carboxylic acids is 6. The van der Waals surface area contributed by atoms with Crippen molar-refractivity contribution in [2.24, 2.45) is 16.0 Å². The number of rotatable bonds is 16. The van der Waals surface area contributed by atoms with E-state index in [1.807, 2.05) is 0 Å². The van der Waals surface area contributed by atoms with E-state index in [2.05, 4.69) is 25.4 Å². The molecule has 4 saturated heterocycles. The highest BCUT2D eigenvalue weighted by atomic mass is 16.2. The molecular formula is C30H47N13O6. The molecule has 0 aromatic carbocycles. The summed E-state index contributed by atoms with van der Waals surface area (Å²) in [4.78, 5) is 93.2. The first-order valence-corrected chi connectivity index (χ1v) is 17.2. The third kappa shape index (κ3) is 9.31. The van der Waals surface area contributed by atoms with Gasteiger partial charge in [0.05, 0.1) is 13.1 Å². The second kappa shape index (κ2) is 18.2. The minimum Gasteiger partial charge on any atom is -0.368 e. The van der Waals surface area contributed by atoms with Crippen molar-refractivity contribution in [2.45, 2.75) is 88.4 Å². The largest absolute Gasteiger partial charge is 0.368 e. The Bertz CT molecular complexity index is 1350. The van der Waals surface area contributed by atoms with Gasteiger partial charge in [-0.15, -0.1) is 0 Å². The standard InChI is InChI=1S/C30H47N13O6/c31-25(44)20-39(14-6-13-36-38-33)27(46)21-7-2-16-41(21)29(48)23-9-4-18-43(23)30(49)24-10-3-17-42(24)28(47)22-8-1-15-40(22)26(45)19-34-11-5-12-35-37-32/h21-24,34H,1-20H2,(H2,31,44)/t21-,22-,23-,24-/m0/s1. The fourth-order valence-corrected chi connectivity index (χ4v) is 7.42. The number of nitrogens with zero attached hydrogens (tertiary/aromatic N) is 11. The van der Waals surface area contributed by atoms with Crippen LogP contribution in [-0.2, 0) is 28.8 Å². The Balaban J connectivity index is 1.39. The van der Waals surface area contributed by atoms with Gasteiger partial charge >= 0.3 is 0 Å². The van der Waals surface area contributed by atoms with Crippen LogP contribution < -0.4 is 11.1 Å². The minimum absolute atomic E-state index is 0.0516. The van der Waals surface area contributed by atoms with E-state index in [0.717, 1.165) is 0 Å². The molecule has 4 fully saturated rings. The third-order valence-corrected chi connectivity index (χ3v) is 9.68. The first-order valence-electron chi connectivity index (χ1n) is 17.2. The number of likely N-dealkylation sites (tertiary alicyclic amines) is 4. The maximum absolute atomic E-state index is 14.1. The summed E-state index contributed by atoms with van der Waals surface area (Å²) in [5.74, 6) is -2.19. The van der Waals surface area contributed by atoms with Crippen LogP contribution in [0.2, 0.25) is 0 Å². The van der Waals surface area contributed by atoms with E-state index < -0.39 is 36.0 Å². The number of hydrogen-bond acceptors (Lipinski definition) is 9. The lowest BCUT2D eigenvalue weighted by Crippen LogP contribution is -2.58. The monoisotopic (exact) mass is 685 g/mol. The van der Waals surface area contributed by atoms with Crippen molar-refractivity contribution in [2.75, 3.05) is 65.4 Å². The molecule has 19 heteroatoms. The van der Waals surface area contributed by atoms with Gasteiger partial charge in [0, 0.05) is 55.6 Å². The molecule has 4 aliphatic heterocycles. The quantitative estimate of drug-likeness (QED) is 0.0990. The van der Waals surface area contributed by atoms with E-state index in [4.69, 9.17) is 16.8 Å². The molecule has 0 aromatic heterocycles. The van der Waals surface area contributed by atoms with Crippen LogP contribution in [0.4, 0.5) is 0 Å². The maximum Gasteiger partial charge on any atom is 0.246 e. The molecule has 4 aliphatic rings. The summed E-state index contributed by atoms with van der Waals surface area (Å²) in [6, 6.07) is -2.98. The average molecular weight is 686 g/mol. The number of amides is 6. The normalized spacial score (nSPS) is 23.3. The molecule has 4 heterocycles. The van der Waals surface area contributed by atoms with Crippen LogP contribution in [0.3, 0.4) is 0 Å². The van der Waals surface area contributed by atoms with Crippen LogP contribution in [0.5, 0.6) is 0 Å². The predicted molar refractivity (Wildman–Crippen MR) is 175 cm³/mol. The summed E-state index contributed by atoms with van der Waals surface area (Å²) in [6.07, 6.45) is 5.19.